The molecule has 1 aromatic heterocycles. The number of pyridine rings is 1. The first kappa shape index (κ1) is 14.0. The fourth-order valence-electron chi connectivity index (χ4n) is 1.88. The number of benzene rings is 1. The van der Waals surface area contributed by atoms with Crippen molar-refractivity contribution in [1.29, 1.82) is 0 Å². The molecule has 0 saturated carbocycles. The van der Waals surface area contributed by atoms with Crippen LogP contribution in [0.2, 0.25) is 0 Å². The van der Waals surface area contributed by atoms with Crippen molar-refractivity contribution < 1.29 is 13.9 Å². The van der Waals surface area contributed by atoms with Crippen molar-refractivity contribution in [1.82, 2.24) is 9.88 Å². The second kappa shape index (κ2) is 6.14. The van der Waals surface area contributed by atoms with E-state index in [2.05, 4.69) is 4.98 Å². The number of rotatable bonds is 4. The number of ether oxygens (including phenoxy) is 1. The highest BCUT2D eigenvalue weighted by Crippen LogP contribution is 2.19. The van der Waals surface area contributed by atoms with Gasteiger partial charge in [0.05, 0.1) is 12.7 Å². The van der Waals surface area contributed by atoms with Gasteiger partial charge < -0.3 is 9.64 Å². The van der Waals surface area contributed by atoms with Crippen molar-refractivity contribution in [2.24, 2.45) is 0 Å². The van der Waals surface area contributed by atoms with Gasteiger partial charge in [-0.1, -0.05) is 18.2 Å². The monoisotopic (exact) mass is 274 g/mol. The molecular weight excluding hydrogens is 259 g/mol. The van der Waals surface area contributed by atoms with E-state index < -0.39 is 5.95 Å². The molecule has 1 amide bonds. The highest BCUT2D eigenvalue weighted by atomic mass is 19.1. The van der Waals surface area contributed by atoms with Crippen LogP contribution in [0.25, 0.3) is 0 Å². The van der Waals surface area contributed by atoms with Crippen LogP contribution in [-0.4, -0.2) is 29.9 Å². The fourth-order valence-corrected chi connectivity index (χ4v) is 1.88. The lowest BCUT2D eigenvalue weighted by Crippen LogP contribution is -2.26. The number of carbonyl (C=O) groups is 1. The van der Waals surface area contributed by atoms with Gasteiger partial charge in [0.25, 0.3) is 5.91 Å². The van der Waals surface area contributed by atoms with E-state index in [-0.39, 0.29) is 5.91 Å². The van der Waals surface area contributed by atoms with Crippen LogP contribution in [0.1, 0.15) is 15.9 Å². The molecule has 2 aromatic rings. The SMILES string of the molecule is COc1ccccc1CN(C)C(=O)c1ccc(F)nc1. The van der Waals surface area contributed by atoms with Crippen molar-refractivity contribution in [2.75, 3.05) is 14.2 Å². The summed E-state index contributed by atoms with van der Waals surface area (Å²) < 4.78 is 18.0. The average molecular weight is 274 g/mol. The Hall–Kier alpha value is -2.43. The number of hydrogen-bond acceptors (Lipinski definition) is 3. The van der Waals surface area contributed by atoms with Crippen LogP contribution in [0.5, 0.6) is 5.75 Å². The van der Waals surface area contributed by atoms with Crippen LogP contribution in [0.15, 0.2) is 42.6 Å². The standard InChI is InChI=1S/C15H15FN2O2/c1-18(10-12-5-3-4-6-13(12)20-2)15(19)11-7-8-14(16)17-9-11/h3-9H,10H2,1-2H3. The first-order valence-corrected chi connectivity index (χ1v) is 6.10. The summed E-state index contributed by atoms with van der Waals surface area (Å²) in [6.45, 7) is 0.403. The van der Waals surface area contributed by atoms with Gasteiger partial charge in [0, 0.05) is 25.4 Å². The number of amides is 1. The summed E-state index contributed by atoms with van der Waals surface area (Å²) in [6, 6.07) is 10.1. The van der Waals surface area contributed by atoms with Crippen LogP contribution in [0.4, 0.5) is 4.39 Å². The van der Waals surface area contributed by atoms with Crippen LogP contribution in [0.3, 0.4) is 0 Å². The summed E-state index contributed by atoms with van der Waals surface area (Å²) in [5.74, 6) is -0.0956. The minimum atomic E-state index is -0.603. The normalized spacial score (nSPS) is 10.2. The minimum Gasteiger partial charge on any atom is -0.496 e. The quantitative estimate of drug-likeness (QED) is 0.804. The molecule has 2 rings (SSSR count). The highest BCUT2D eigenvalue weighted by Gasteiger charge is 2.14. The second-order valence-corrected chi connectivity index (χ2v) is 4.34. The van der Waals surface area contributed by atoms with Gasteiger partial charge in [0.2, 0.25) is 5.95 Å². The summed E-state index contributed by atoms with van der Waals surface area (Å²) in [7, 11) is 3.27. The Morgan fingerprint density at radius 1 is 1.30 bits per heavy atom. The number of halogens is 1. The Morgan fingerprint density at radius 2 is 2.05 bits per heavy atom. The third-order valence-electron chi connectivity index (χ3n) is 2.92. The van der Waals surface area contributed by atoms with Gasteiger partial charge in [-0.15, -0.1) is 0 Å². The van der Waals surface area contributed by atoms with Crippen molar-refractivity contribution in [3.05, 3.63) is 59.7 Å². The first-order valence-electron chi connectivity index (χ1n) is 6.10. The summed E-state index contributed by atoms with van der Waals surface area (Å²) in [5.41, 5.74) is 1.25. The zero-order chi connectivity index (χ0) is 14.5. The second-order valence-electron chi connectivity index (χ2n) is 4.34. The topological polar surface area (TPSA) is 42.4 Å². The molecule has 0 atom stereocenters. The van der Waals surface area contributed by atoms with Crippen LogP contribution in [0, 0.1) is 5.95 Å². The first-order chi connectivity index (χ1) is 9.61. The third-order valence-corrected chi connectivity index (χ3v) is 2.92. The van der Waals surface area contributed by atoms with E-state index >= 15 is 0 Å². The van der Waals surface area contributed by atoms with E-state index in [4.69, 9.17) is 4.74 Å². The predicted octanol–water partition coefficient (Wildman–Crippen LogP) is 2.50. The van der Waals surface area contributed by atoms with Gasteiger partial charge >= 0.3 is 0 Å². The molecule has 0 bridgehead atoms. The smallest absolute Gasteiger partial charge is 0.255 e. The number of para-hydroxylation sites is 1. The summed E-state index contributed by atoms with van der Waals surface area (Å²) >= 11 is 0. The third kappa shape index (κ3) is 3.12. The van der Waals surface area contributed by atoms with E-state index in [1.165, 1.54) is 23.2 Å². The van der Waals surface area contributed by atoms with Gasteiger partial charge in [0.1, 0.15) is 5.75 Å². The lowest BCUT2D eigenvalue weighted by molar-refractivity contribution is 0.0783. The van der Waals surface area contributed by atoms with Gasteiger partial charge in [-0.05, 0) is 18.2 Å². The Labute approximate surface area is 116 Å². The molecule has 0 aliphatic carbocycles. The van der Waals surface area contributed by atoms with E-state index in [1.54, 1.807) is 14.2 Å². The molecule has 104 valence electrons. The molecule has 0 N–H and O–H groups in total. The maximum Gasteiger partial charge on any atom is 0.255 e. The molecule has 0 spiro atoms. The van der Waals surface area contributed by atoms with Crippen molar-refractivity contribution in [3.63, 3.8) is 0 Å². The largest absolute Gasteiger partial charge is 0.496 e. The molecule has 0 saturated heterocycles. The predicted molar refractivity (Wildman–Crippen MR) is 73.0 cm³/mol. The maximum atomic E-state index is 12.7. The van der Waals surface area contributed by atoms with E-state index in [0.29, 0.717) is 12.1 Å². The average Bonchev–Trinajstić information content (AvgIpc) is 2.48. The van der Waals surface area contributed by atoms with Crippen molar-refractivity contribution in [2.45, 2.75) is 6.54 Å². The maximum absolute atomic E-state index is 12.7. The number of hydrogen-bond donors (Lipinski definition) is 0. The fraction of sp³-hybridized carbons (Fsp3) is 0.200. The molecule has 0 aliphatic heterocycles. The van der Waals surface area contributed by atoms with Crippen LogP contribution >= 0.6 is 0 Å². The molecule has 1 heterocycles. The molecule has 0 unspecified atom stereocenters. The summed E-state index contributed by atoms with van der Waals surface area (Å²) in [4.78, 5) is 17.2. The number of carbonyl (C=O) groups excluding carboxylic acids is 1. The van der Waals surface area contributed by atoms with Crippen LogP contribution < -0.4 is 4.74 Å². The number of methoxy groups -OCH3 is 1. The van der Waals surface area contributed by atoms with Gasteiger partial charge in [-0.3, -0.25) is 4.79 Å². The van der Waals surface area contributed by atoms with Crippen molar-refractivity contribution in [3.8, 4) is 5.75 Å². The van der Waals surface area contributed by atoms with Gasteiger partial charge in [0.15, 0.2) is 0 Å². The molecule has 0 radical (unpaired) electrons. The minimum absolute atomic E-state index is 0.219. The van der Waals surface area contributed by atoms with E-state index in [1.807, 2.05) is 24.3 Å². The summed E-state index contributed by atoms with van der Waals surface area (Å²) in [6.07, 6.45) is 1.23. The molecule has 4 nitrogen and oxygen atoms in total. The summed E-state index contributed by atoms with van der Waals surface area (Å²) in [5, 5.41) is 0. The lowest BCUT2D eigenvalue weighted by atomic mass is 10.1. The zero-order valence-corrected chi connectivity index (χ0v) is 11.3. The van der Waals surface area contributed by atoms with Crippen molar-refractivity contribution >= 4 is 5.91 Å². The van der Waals surface area contributed by atoms with E-state index in [9.17, 15) is 9.18 Å². The lowest BCUT2D eigenvalue weighted by Gasteiger charge is -2.18. The van der Waals surface area contributed by atoms with Gasteiger partial charge in [-0.25, -0.2) is 4.98 Å². The molecular formula is C15H15FN2O2. The Balaban J connectivity index is 2.13. The van der Waals surface area contributed by atoms with E-state index in [0.717, 1.165) is 11.3 Å². The highest BCUT2D eigenvalue weighted by molar-refractivity contribution is 5.93. The molecule has 5 heteroatoms. The molecule has 1 aromatic carbocycles. The number of aromatic nitrogens is 1. The molecule has 20 heavy (non-hydrogen) atoms. The molecule has 0 fully saturated rings. The van der Waals surface area contributed by atoms with Gasteiger partial charge in [-0.2, -0.15) is 4.39 Å². The Kier molecular flexibility index (Phi) is 4.30. The Bertz CT molecular complexity index is 599. The molecule has 0 aliphatic rings. The number of nitrogens with zero attached hydrogens (tertiary/aromatic N) is 2. The van der Waals surface area contributed by atoms with Crippen LogP contribution in [-0.2, 0) is 6.54 Å². The zero-order valence-electron chi connectivity index (χ0n) is 11.3. The Morgan fingerprint density at radius 3 is 2.70 bits per heavy atom.